The molecular weight excluding hydrogens is 283 g/mol. The molecule has 1 aromatic carbocycles. The molecule has 0 aliphatic carbocycles. The molecule has 2 N–H and O–H groups in total. The van der Waals surface area contributed by atoms with E-state index in [4.69, 9.17) is 5.14 Å². The smallest absolute Gasteiger partial charge is 0.422 e. The molecule has 0 radical (unpaired) electrons. The maximum atomic E-state index is 11.9. The summed E-state index contributed by atoms with van der Waals surface area (Å²) in [5.74, 6) is -0.415. The Labute approximate surface area is 102 Å². The van der Waals surface area contributed by atoms with Crippen molar-refractivity contribution >= 4 is 22.4 Å². The summed E-state index contributed by atoms with van der Waals surface area (Å²) >= 11 is 0. The van der Waals surface area contributed by atoms with Gasteiger partial charge in [-0.05, 0) is 12.1 Å². The average Bonchev–Trinajstić information content (AvgIpc) is 2.12. The number of benzene rings is 1. The number of alkyl halides is 3. The lowest BCUT2D eigenvalue weighted by Crippen LogP contribution is -2.21. The van der Waals surface area contributed by atoms with Crippen LogP contribution in [-0.2, 0) is 10.0 Å². The number of ether oxygens (including phenoxy) is 1. The van der Waals surface area contributed by atoms with Crippen LogP contribution in [0.4, 0.5) is 13.2 Å². The summed E-state index contributed by atoms with van der Waals surface area (Å²) in [7, 11) is -4.09. The summed E-state index contributed by atoms with van der Waals surface area (Å²) in [6.07, 6.45) is -4.54. The van der Waals surface area contributed by atoms with Crippen LogP contribution in [0.25, 0.3) is 0 Å². The van der Waals surface area contributed by atoms with E-state index in [0.29, 0.717) is 0 Å². The first-order valence-electron chi connectivity index (χ1n) is 4.01. The van der Waals surface area contributed by atoms with Gasteiger partial charge in [-0.3, -0.25) is 0 Å². The third kappa shape index (κ3) is 5.24. The Morgan fingerprint density at radius 1 is 1.24 bits per heavy atom. The minimum Gasteiger partial charge on any atom is -0.483 e. The van der Waals surface area contributed by atoms with Crippen LogP contribution in [-0.4, -0.2) is 21.2 Å². The molecule has 17 heavy (non-hydrogen) atoms. The van der Waals surface area contributed by atoms with Crippen molar-refractivity contribution in [2.24, 2.45) is 5.14 Å². The maximum Gasteiger partial charge on any atom is 0.422 e. The highest BCUT2D eigenvalue weighted by Crippen LogP contribution is 2.24. The summed E-state index contributed by atoms with van der Waals surface area (Å²) in [6, 6.07) is 4.85. The lowest BCUT2D eigenvalue weighted by molar-refractivity contribution is -0.153. The van der Waals surface area contributed by atoms with E-state index in [0.717, 1.165) is 12.1 Å². The van der Waals surface area contributed by atoms with Crippen LogP contribution in [0.3, 0.4) is 0 Å². The van der Waals surface area contributed by atoms with Crippen molar-refractivity contribution in [2.45, 2.75) is 11.1 Å². The van der Waals surface area contributed by atoms with Crippen LogP contribution in [0.1, 0.15) is 0 Å². The second kappa shape index (κ2) is 5.56. The van der Waals surface area contributed by atoms with Gasteiger partial charge in [0.05, 0.1) is 0 Å². The first kappa shape index (κ1) is 16.0. The molecule has 1 rings (SSSR count). The van der Waals surface area contributed by atoms with Gasteiger partial charge in [-0.15, -0.1) is 12.4 Å². The topological polar surface area (TPSA) is 69.4 Å². The Morgan fingerprint density at radius 2 is 1.76 bits per heavy atom. The van der Waals surface area contributed by atoms with Gasteiger partial charge in [0.15, 0.2) is 6.61 Å². The van der Waals surface area contributed by atoms with E-state index < -0.39 is 33.5 Å². The van der Waals surface area contributed by atoms with Gasteiger partial charge in [-0.25, -0.2) is 13.6 Å². The summed E-state index contributed by atoms with van der Waals surface area (Å²) in [5.41, 5.74) is 0. The lowest BCUT2D eigenvalue weighted by Gasteiger charge is -2.11. The zero-order valence-corrected chi connectivity index (χ0v) is 9.90. The zero-order valence-electron chi connectivity index (χ0n) is 8.27. The maximum absolute atomic E-state index is 11.9. The second-order valence-corrected chi connectivity index (χ2v) is 4.43. The van der Waals surface area contributed by atoms with Gasteiger partial charge < -0.3 is 4.74 Å². The van der Waals surface area contributed by atoms with E-state index in [9.17, 15) is 21.6 Å². The highest BCUT2D eigenvalue weighted by Gasteiger charge is 2.29. The fraction of sp³-hybridized carbons (Fsp3) is 0.250. The van der Waals surface area contributed by atoms with Gasteiger partial charge in [0.1, 0.15) is 10.6 Å². The highest BCUT2D eigenvalue weighted by atomic mass is 35.5. The van der Waals surface area contributed by atoms with Crippen LogP contribution in [0, 0.1) is 0 Å². The molecule has 0 aliphatic rings. The first-order chi connectivity index (χ1) is 7.20. The number of hydrogen-bond acceptors (Lipinski definition) is 3. The van der Waals surface area contributed by atoms with Gasteiger partial charge in [0.2, 0.25) is 10.0 Å². The van der Waals surface area contributed by atoms with Crippen molar-refractivity contribution < 1.29 is 26.3 Å². The molecule has 0 amide bonds. The van der Waals surface area contributed by atoms with Gasteiger partial charge in [0, 0.05) is 0 Å². The van der Waals surface area contributed by atoms with Crippen molar-refractivity contribution in [3.8, 4) is 5.75 Å². The molecular formula is C8H9ClF3NO3S. The summed E-state index contributed by atoms with van der Waals surface area (Å²) in [4.78, 5) is -0.473. The standard InChI is InChI=1S/C8H8F3NO3S.ClH/c9-8(10,11)5-15-6-3-1-2-4-7(6)16(12,13)14;/h1-4H,5H2,(H2,12,13,14);1H. The molecule has 0 saturated carbocycles. The van der Waals surface area contributed by atoms with E-state index in [-0.39, 0.29) is 12.4 Å². The molecule has 0 heterocycles. The van der Waals surface area contributed by atoms with E-state index in [1.54, 1.807) is 0 Å². The van der Waals surface area contributed by atoms with Crippen molar-refractivity contribution in [3.63, 3.8) is 0 Å². The summed E-state index contributed by atoms with van der Waals surface area (Å²) in [6.45, 7) is -1.57. The normalized spacial score (nSPS) is 11.8. The Hall–Kier alpha value is -0.990. The number of primary sulfonamides is 1. The van der Waals surface area contributed by atoms with Crippen LogP contribution >= 0.6 is 12.4 Å². The predicted octanol–water partition coefficient (Wildman–Crippen LogP) is 1.70. The third-order valence-corrected chi connectivity index (χ3v) is 2.50. The molecule has 98 valence electrons. The van der Waals surface area contributed by atoms with Crippen LogP contribution in [0.5, 0.6) is 5.75 Å². The molecule has 0 spiro atoms. The van der Waals surface area contributed by atoms with Gasteiger partial charge in [0.25, 0.3) is 0 Å². The van der Waals surface area contributed by atoms with Gasteiger partial charge in [-0.2, -0.15) is 13.2 Å². The zero-order chi connectivity index (χ0) is 12.4. The quantitative estimate of drug-likeness (QED) is 0.921. The number of rotatable bonds is 3. The van der Waals surface area contributed by atoms with Crippen molar-refractivity contribution in [2.75, 3.05) is 6.61 Å². The minimum absolute atomic E-state index is 0. The molecule has 0 aromatic heterocycles. The van der Waals surface area contributed by atoms with Crippen LogP contribution in [0.15, 0.2) is 29.2 Å². The van der Waals surface area contributed by atoms with Gasteiger partial charge in [-0.1, -0.05) is 12.1 Å². The van der Waals surface area contributed by atoms with Crippen molar-refractivity contribution in [3.05, 3.63) is 24.3 Å². The second-order valence-electron chi connectivity index (χ2n) is 2.90. The molecule has 9 heteroatoms. The molecule has 0 bridgehead atoms. The average molecular weight is 292 g/mol. The fourth-order valence-electron chi connectivity index (χ4n) is 0.964. The first-order valence-corrected chi connectivity index (χ1v) is 5.56. The molecule has 1 aromatic rings. The Morgan fingerprint density at radius 3 is 2.24 bits per heavy atom. The SMILES string of the molecule is Cl.NS(=O)(=O)c1ccccc1OCC(F)(F)F. The Kier molecular flexibility index (Phi) is 5.24. The van der Waals surface area contributed by atoms with Gasteiger partial charge >= 0.3 is 6.18 Å². The number of para-hydroxylation sites is 1. The fourth-order valence-corrected chi connectivity index (χ4v) is 1.64. The monoisotopic (exact) mass is 291 g/mol. The van der Waals surface area contributed by atoms with Crippen LogP contribution in [0.2, 0.25) is 0 Å². The molecule has 0 fully saturated rings. The van der Waals surface area contributed by atoms with Crippen molar-refractivity contribution in [1.82, 2.24) is 0 Å². The summed E-state index contributed by atoms with van der Waals surface area (Å²) < 4.78 is 61.9. The molecule has 4 nitrogen and oxygen atoms in total. The van der Waals surface area contributed by atoms with E-state index in [2.05, 4.69) is 4.74 Å². The third-order valence-electron chi connectivity index (χ3n) is 1.55. The molecule has 0 aliphatic heterocycles. The van der Waals surface area contributed by atoms with E-state index in [1.165, 1.54) is 12.1 Å². The van der Waals surface area contributed by atoms with Crippen molar-refractivity contribution in [1.29, 1.82) is 0 Å². The number of halogens is 4. The van der Waals surface area contributed by atoms with Crippen LogP contribution < -0.4 is 9.88 Å². The van der Waals surface area contributed by atoms with E-state index in [1.807, 2.05) is 0 Å². The largest absolute Gasteiger partial charge is 0.483 e. The summed E-state index contributed by atoms with van der Waals surface area (Å²) in [5, 5.41) is 4.81. The van der Waals surface area contributed by atoms with E-state index >= 15 is 0 Å². The Balaban J connectivity index is 0.00000256. The predicted molar refractivity (Wildman–Crippen MR) is 56.6 cm³/mol. The molecule has 0 saturated heterocycles. The number of hydrogen-bond donors (Lipinski definition) is 1. The Bertz CT molecular complexity index is 475. The number of nitrogens with two attached hydrogens (primary N) is 1. The lowest BCUT2D eigenvalue weighted by atomic mass is 10.3. The minimum atomic E-state index is -4.54. The highest BCUT2D eigenvalue weighted by molar-refractivity contribution is 7.89. The molecule has 0 unspecified atom stereocenters. The molecule has 0 atom stereocenters. The number of sulfonamides is 1.